The fraction of sp³-hybridized carbons (Fsp3) is 0.250. The maximum Gasteiger partial charge on any atom is 0.259 e. The van der Waals surface area contributed by atoms with Gasteiger partial charge in [-0.3, -0.25) is 9.59 Å². The summed E-state index contributed by atoms with van der Waals surface area (Å²) in [5.41, 5.74) is 3.21. The predicted octanol–water partition coefficient (Wildman–Crippen LogP) is 1.88. The van der Waals surface area contributed by atoms with Gasteiger partial charge in [0.25, 0.3) is 5.91 Å². The number of aromatic nitrogens is 1. The number of nitrogens with zero attached hydrogens (tertiary/aromatic N) is 1. The molecule has 0 saturated heterocycles. The molecule has 1 aliphatic rings. The zero-order valence-electron chi connectivity index (χ0n) is 11.3. The van der Waals surface area contributed by atoms with E-state index in [1.165, 1.54) is 17.8 Å². The monoisotopic (exact) mass is 268 g/mol. The number of fused-ring (bicyclic) bond motifs is 1. The van der Waals surface area contributed by atoms with E-state index in [2.05, 4.69) is 11.1 Å². The minimum Gasteiger partial charge on any atom is -0.364 e. The molecule has 1 aromatic heterocycles. The summed E-state index contributed by atoms with van der Waals surface area (Å²) in [7, 11) is 0. The van der Waals surface area contributed by atoms with Crippen LogP contribution in [-0.2, 0) is 13.0 Å². The first-order valence-electron chi connectivity index (χ1n) is 6.70. The fourth-order valence-electron chi connectivity index (χ4n) is 2.58. The van der Waals surface area contributed by atoms with Gasteiger partial charge in [0.15, 0.2) is 5.43 Å². The van der Waals surface area contributed by atoms with Gasteiger partial charge in [-0.1, -0.05) is 24.3 Å². The number of rotatable bonds is 1. The van der Waals surface area contributed by atoms with Crippen molar-refractivity contribution in [2.45, 2.75) is 19.9 Å². The predicted molar refractivity (Wildman–Crippen MR) is 76.7 cm³/mol. The fourth-order valence-corrected chi connectivity index (χ4v) is 2.58. The summed E-state index contributed by atoms with van der Waals surface area (Å²) in [6, 6.07) is 9.58. The molecule has 1 amide bonds. The van der Waals surface area contributed by atoms with Crippen LogP contribution in [0.5, 0.6) is 0 Å². The van der Waals surface area contributed by atoms with Crippen LogP contribution in [0.2, 0.25) is 0 Å². The quantitative estimate of drug-likeness (QED) is 0.858. The van der Waals surface area contributed by atoms with Crippen LogP contribution in [0, 0.1) is 6.92 Å². The van der Waals surface area contributed by atoms with Crippen molar-refractivity contribution in [3.8, 4) is 0 Å². The Morgan fingerprint density at radius 3 is 2.75 bits per heavy atom. The number of amides is 1. The molecule has 0 spiro atoms. The second kappa shape index (κ2) is 4.96. The second-order valence-corrected chi connectivity index (χ2v) is 5.14. The van der Waals surface area contributed by atoms with E-state index in [0.717, 1.165) is 17.7 Å². The zero-order chi connectivity index (χ0) is 14.1. The van der Waals surface area contributed by atoms with Crippen LogP contribution in [0.15, 0.2) is 41.3 Å². The van der Waals surface area contributed by atoms with Gasteiger partial charge in [-0.15, -0.1) is 0 Å². The Bertz CT molecular complexity index is 718. The van der Waals surface area contributed by atoms with Gasteiger partial charge in [0.05, 0.1) is 0 Å². The molecule has 0 unspecified atom stereocenters. The number of hydrogen-bond acceptors (Lipinski definition) is 2. The number of carbonyl (C=O) groups is 1. The molecule has 2 aromatic rings. The SMILES string of the molecule is Cc1cc(=O)c(C(=O)N2CCc3ccccc3C2)c[nH]1. The summed E-state index contributed by atoms with van der Waals surface area (Å²) in [6.45, 7) is 3.03. The number of aromatic amines is 1. The molecule has 4 nitrogen and oxygen atoms in total. The Labute approximate surface area is 117 Å². The number of carbonyl (C=O) groups excluding carboxylic acids is 1. The van der Waals surface area contributed by atoms with Crippen LogP contribution in [0.1, 0.15) is 27.2 Å². The molecule has 20 heavy (non-hydrogen) atoms. The third-order valence-corrected chi connectivity index (χ3v) is 3.71. The van der Waals surface area contributed by atoms with E-state index in [1.807, 2.05) is 18.2 Å². The van der Waals surface area contributed by atoms with Gasteiger partial charge in [-0.25, -0.2) is 0 Å². The Hall–Kier alpha value is -2.36. The minimum absolute atomic E-state index is 0.194. The number of nitrogens with one attached hydrogen (secondary N) is 1. The number of hydrogen-bond donors (Lipinski definition) is 1. The molecule has 1 N–H and O–H groups in total. The lowest BCUT2D eigenvalue weighted by Crippen LogP contribution is -2.38. The van der Waals surface area contributed by atoms with Crippen molar-refractivity contribution in [1.29, 1.82) is 0 Å². The average Bonchev–Trinajstić information content (AvgIpc) is 2.46. The first-order chi connectivity index (χ1) is 9.65. The van der Waals surface area contributed by atoms with E-state index in [-0.39, 0.29) is 16.9 Å². The average molecular weight is 268 g/mol. The summed E-state index contributed by atoms with van der Waals surface area (Å²) in [4.78, 5) is 29.0. The summed E-state index contributed by atoms with van der Waals surface area (Å²) in [5.74, 6) is -0.194. The highest BCUT2D eigenvalue weighted by Crippen LogP contribution is 2.19. The molecule has 0 saturated carbocycles. The number of pyridine rings is 1. The van der Waals surface area contributed by atoms with Gasteiger partial charge in [-0.05, 0) is 24.5 Å². The number of aryl methyl sites for hydroxylation is 1. The van der Waals surface area contributed by atoms with E-state index in [0.29, 0.717) is 13.1 Å². The summed E-state index contributed by atoms with van der Waals surface area (Å²) in [6.07, 6.45) is 2.35. The second-order valence-electron chi connectivity index (χ2n) is 5.14. The zero-order valence-corrected chi connectivity index (χ0v) is 11.3. The normalized spacial score (nSPS) is 13.9. The van der Waals surface area contributed by atoms with E-state index < -0.39 is 0 Å². The first-order valence-corrected chi connectivity index (χ1v) is 6.70. The molecular formula is C16H16N2O2. The van der Waals surface area contributed by atoms with Gasteiger partial charge in [0.1, 0.15) is 5.56 Å². The molecule has 0 radical (unpaired) electrons. The Morgan fingerprint density at radius 1 is 1.25 bits per heavy atom. The van der Waals surface area contributed by atoms with Crippen molar-refractivity contribution in [3.63, 3.8) is 0 Å². The van der Waals surface area contributed by atoms with Crippen molar-refractivity contribution in [1.82, 2.24) is 9.88 Å². The largest absolute Gasteiger partial charge is 0.364 e. The molecule has 3 rings (SSSR count). The molecule has 0 bridgehead atoms. The smallest absolute Gasteiger partial charge is 0.259 e. The Kier molecular flexibility index (Phi) is 3.14. The molecule has 1 aromatic carbocycles. The van der Waals surface area contributed by atoms with Crippen LogP contribution in [0.4, 0.5) is 0 Å². The molecule has 0 fully saturated rings. The van der Waals surface area contributed by atoms with Gasteiger partial charge >= 0.3 is 0 Å². The van der Waals surface area contributed by atoms with Gasteiger partial charge < -0.3 is 9.88 Å². The summed E-state index contributed by atoms with van der Waals surface area (Å²) in [5, 5.41) is 0. The van der Waals surface area contributed by atoms with Crippen molar-refractivity contribution < 1.29 is 4.79 Å². The molecule has 0 aliphatic carbocycles. The molecular weight excluding hydrogens is 252 g/mol. The molecule has 102 valence electrons. The molecule has 2 heterocycles. The first kappa shape index (κ1) is 12.7. The van der Waals surface area contributed by atoms with Crippen LogP contribution in [0.3, 0.4) is 0 Å². The Balaban J connectivity index is 1.88. The van der Waals surface area contributed by atoms with Crippen LogP contribution >= 0.6 is 0 Å². The molecule has 1 aliphatic heterocycles. The third-order valence-electron chi connectivity index (χ3n) is 3.71. The highest BCUT2D eigenvalue weighted by Gasteiger charge is 2.23. The highest BCUT2D eigenvalue weighted by molar-refractivity contribution is 5.94. The van der Waals surface area contributed by atoms with Crippen molar-refractivity contribution in [2.24, 2.45) is 0 Å². The van der Waals surface area contributed by atoms with Crippen molar-refractivity contribution >= 4 is 5.91 Å². The van der Waals surface area contributed by atoms with Crippen LogP contribution < -0.4 is 5.43 Å². The van der Waals surface area contributed by atoms with Gasteiger partial charge in [0, 0.05) is 31.0 Å². The topological polar surface area (TPSA) is 53.2 Å². The van der Waals surface area contributed by atoms with E-state index >= 15 is 0 Å². The van der Waals surface area contributed by atoms with Gasteiger partial charge in [0.2, 0.25) is 0 Å². The van der Waals surface area contributed by atoms with Crippen molar-refractivity contribution in [3.05, 3.63) is 69.1 Å². The van der Waals surface area contributed by atoms with Crippen molar-refractivity contribution in [2.75, 3.05) is 6.54 Å². The highest BCUT2D eigenvalue weighted by atomic mass is 16.2. The summed E-state index contributed by atoms with van der Waals surface area (Å²) < 4.78 is 0. The molecule has 0 atom stereocenters. The maximum atomic E-state index is 12.4. The third kappa shape index (κ3) is 2.25. The van der Waals surface area contributed by atoms with Crippen LogP contribution in [0.25, 0.3) is 0 Å². The lowest BCUT2D eigenvalue weighted by Gasteiger charge is -2.28. The standard InChI is InChI=1S/C16H16N2O2/c1-11-8-15(19)14(9-17-11)16(20)18-7-6-12-4-2-3-5-13(12)10-18/h2-5,8-9H,6-7,10H2,1H3,(H,17,19). The minimum atomic E-state index is -0.217. The van der Waals surface area contributed by atoms with E-state index in [4.69, 9.17) is 0 Å². The lowest BCUT2D eigenvalue weighted by atomic mass is 9.99. The summed E-state index contributed by atoms with van der Waals surface area (Å²) >= 11 is 0. The number of H-pyrrole nitrogens is 1. The molecule has 4 heteroatoms. The Morgan fingerprint density at radius 2 is 2.00 bits per heavy atom. The number of benzene rings is 1. The van der Waals surface area contributed by atoms with Gasteiger partial charge in [-0.2, -0.15) is 0 Å². The maximum absolute atomic E-state index is 12.4. The van der Waals surface area contributed by atoms with E-state index in [1.54, 1.807) is 11.8 Å². The van der Waals surface area contributed by atoms with Crippen LogP contribution in [-0.4, -0.2) is 22.3 Å². The van der Waals surface area contributed by atoms with E-state index in [9.17, 15) is 9.59 Å². The lowest BCUT2D eigenvalue weighted by molar-refractivity contribution is 0.0733.